The summed E-state index contributed by atoms with van der Waals surface area (Å²) in [6.45, 7) is 0.613. The van der Waals surface area contributed by atoms with Crippen molar-refractivity contribution >= 4 is 46.7 Å². The van der Waals surface area contributed by atoms with E-state index in [1.807, 2.05) is 71.4 Å². The molecule has 4 N–H and O–H groups in total. The number of amides is 2. The lowest BCUT2D eigenvalue weighted by Gasteiger charge is -2.32. The van der Waals surface area contributed by atoms with E-state index in [0.717, 1.165) is 41.5 Å². The third-order valence-electron chi connectivity index (χ3n) is 10.4. The number of nitrogens with one attached hydrogen (secondary N) is 1. The second-order valence-electron chi connectivity index (χ2n) is 14.6. The van der Waals surface area contributed by atoms with Gasteiger partial charge >= 0.3 is 0 Å². The summed E-state index contributed by atoms with van der Waals surface area (Å²) in [7, 11) is 3.62. The van der Waals surface area contributed by atoms with Gasteiger partial charge in [-0.2, -0.15) is 0 Å². The minimum absolute atomic E-state index is 0.0122. The van der Waals surface area contributed by atoms with E-state index in [1.54, 1.807) is 48.1 Å². The van der Waals surface area contributed by atoms with Gasteiger partial charge in [0.2, 0.25) is 5.91 Å². The van der Waals surface area contributed by atoms with Crippen molar-refractivity contribution in [3.63, 3.8) is 0 Å². The first-order valence-corrected chi connectivity index (χ1v) is 18.9. The predicted octanol–water partition coefficient (Wildman–Crippen LogP) is 6.46. The lowest BCUT2D eigenvalue weighted by molar-refractivity contribution is -0.116. The minimum Gasteiger partial charge on any atom is -0.493 e. The standard InChI is InChI=1S/C44H46N6O6/c1-48-25-31(21-38(48)40(52)19-29-10-14-33(45)15-11-29)30-12-8-28(9-13-30)18-41(53)39-22-34(26-49(39)2)47-43(54)7-5-17-56-42-23-37-36(20-32(42)27-51)44(55)50-16-4-3-6-35(50)24-46-37/h8-15,20-26,35,51H,3-7,16-19,27,45H2,1-2H3,(H,47,54)/t35-/m0/s1. The van der Waals surface area contributed by atoms with Gasteiger partial charge in [-0.05, 0) is 72.7 Å². The molecule has 2 aliphatic rings. The van der Waals surface area contributed by atoms with E-state index < -0.39 is 0 Å². The molecule has 0 bridgehead atoms. The number of Topliss-reactive ketones (excluding diaryl/α,β-unsaturated/α-hetero) is 2. The van der Waals surface area contributed by atoms with Crippen LogP contribution in [-0.4, -0.2) is 67.9 Å². The number of hydrogen-bond donors (Lipinski definition) is 3. The molecule has 2 amide bonds. The number of hydrogen-bond acceptors (Lipinski definition) is 8. The number of aryl methyl sites for hydroxylation is 2. The monoisotopic (exact) mass is 754 g/mol. The Labute approximate surface area is 325 Å². The first-order chi connectivity index (χ1) is 27.1. The number of benzene rings is 3. The van der Waals surface area contributed by atoms with Crippen LogP contribution in [0.1, 0.15) is 80.1 Å². The number of nitrogen functional groups attached to an aromatic ring is 1. The van der Waals surface area contributed by atoms with Crippen LogP contribution in [0.3, 0.4) is 0 Å². The molecule has 12 nitrogen and oxygen atoms in total. The van der Waals surface area contributed by atoms with Crippen LogP contribution in [0.25, 0.3) is 11.1 Å². The number of ether oxygens (including phenoxy) is 1. The smallest absolute Gasteiger partial charge is 0.256 e. The Morgan fingerprint density at radius 3 is 2.27 bits per heavy atom. The zero-order chi connectivity index (χ0) is 39.3. The molecule has 0 unspecified atom stereocenters. The lowest BCUT2D eigenvalue weighted by atomic mass is 10.0. The van der Waals surface area contributed by atoms with E-state index in [-0.39, 0.29) is 61.9 Å². The molecular formula is C44H46N6O6. The van der Waals surface area contributed by atoms with E-state index in [4.69, 9.17) is 10.5 Å². The molecule has 1 atom stereocenters. The van der Waals surface area contributed by atoms with Crippen molar-refractivity contribution in [3.05, 3.63) is 119 Å². The van der Waals surface area contributed by atoms with E-state index in [2.05, 4.69) is 10.3 Å². The first kappa shape index (κ1) is 38.0. The van der Waals surface area contributed by atoms with Gasteiger partial charge in [-0.1, -0.05) is 36.4 Å². The van der Waals surface area contributed by atoms with Gasteiger partial charge < -0.3 is 34.9 Å². The maximum Gasteiger partial charge on any atom is 0.256 e. The average molecular weight is 755 g/mol. The number of fused-ring (bicyclic) bond motifs is 2. The molecule has 12 heteroatoms. The fourth-order valence-electron chi connectivity index (χ4n) is 7.39. The van der Waals surface area contributed by atoms with Crippen LogP contribution in [0.4, 0.5) is 17.1 Å². The molecule has 0 radical (unpaired) electrons. The van der Waals surface area contributed by atoms with Gasteiger partial charge in [0, 0.05) is 81.4 Å². The molecule has 7 rings (SSSR count). The highest BCUT2D eigenvalue weighted by Gasteiger charge is 2.31. The summed E-state index contributed by atoms with van der Waals surface area (Å²) in [4.78, 5) is 58.9. The summed E-state index contributed by atoms with van der Waals surface area (Å²) >= 11 is 0. The van der Waals surface area contributed by atoms with Crippen molar-refractivity contribution in [1.29, 1.82) is 0 Å². The zero-order valence-corrected chi connectivity index (χ0v) is 31.7. The lowest BCUT2D eigenvalue weighted by Crippen LogP contribution is -2.43. The van der Waals surface area contributed by atoms with Gasteiger partial charge in [-0.15, -0.1) is 0 Å². The molecule has 288 valence electrons. The van der Waals surface area contributed by atoms with Gasteiger partial charge in [0.1, 0.15) is 5.75 Å². The number of carbonyl (C=O) groups is 4. The van der Waals surface area contributed by atoms with Gasteiger partial charge in [-0.25, -0.2) is 0 Å². The highest BCUT2D eigenvalue weighted by Crippen LogP contribution is 2.34. The largest absolute Gasteiger partial charge is 0.493 e. The number of aliphatic hydroxyl groups excluding tert-OH is 1. The third kappa shape index (κ3) is 8.50. The Morgan fingerprint density at radius 2 is 1.55 bits per heavy atom. The molecule has 4 heterocycles. The number of anilines is 2. The fraction of sp³-hybridized carbons (Fsp3) is 0.295. The number of nitrogens with two attached hydrogens (primary N) is 1. The SMILES string of the molecule is Cn1cc(NC(=O)CCCOc2cc3c(cc2CO)C(=O)N2CCCC[C@H]2C=N3)cc1C(=O)Cc1ccc(-c2cc(C(=O)Cc3ccc(N)cc3)n(C)c2)cc1. The third-order valence-corrected chi connectivity index (χ3v) is 10.4. The van der Waals surface area contributed by atoms with Gasteiger partial charge in [0.05, 0.1) is 47.6 Å². The first-order valence-electron chi connectivity index (χ1n) is 18.9. The molecule has 1 saturated heterocycles. The Kier molecular flexibility index (Phi) is 11.3. The number of aliphatic hydroxyl groups is 1. The summed E-state index contributed by atoms with van der Waals surface area (Å²) in [6, 6.07) is 21.9. The summed E-state index contributed by atoms with van der Waals surface area (Å²) < 4.78 is 9.50. The van der Waals surface area contributed by atoms with Crippen LogP contribution in [0.5, 0.6) is 5.75 Å². The second-order valence-corrected chi connectivity index (χ2v) is 14.6. The highest BCUT2D eigenvalue weighted by molar-refractivity contribution is 6.03. The maximum atomic E-state index is 13.3. The normalized spacial score (nSPS) is 14.9. The Balaban J connectivity index is 0.899. The van der Waals surface area contributed by atoms with E-state index >= 15 is 0 Å². The summed E-state index contributed by atoms with van der Waals surface area (Å²) in [5, 5.41) is 12.9. The second kappa shape index (κ2) is 16.6. The minimum atomic E-state index is -0.297. The molecule has 0 spiro atoms. The van der Waals surface area contributed by atoms with Crippen molar-refractivity contribution in [2.75, 3.05) is 24.2 Å². The Hall–Kier alpha value is -6.27. The highest BCUT2D eigenvalue weighted by atomic mass is 16.5. The quantitative estimate of drug-likeness (QED) is 0.0666. The van der Waals surface area contributed by atoms with Crippen molar-refractivity contribution in [2.24, 2.45) is 19.1 Å². The van der Waals surface area contributed by atoms with Gasteiger partial charge in [0.25, 0.3) is 5.91 Å². The topological polar surface area (TPSA) is 161 Å². The number of rotatable bonds is 14. The van der Waals surface area contributed by atoms with Crippen molar-refractivity contribution in [3.8, 4) is 16.9 Å². The molecule has 5 aromatic rings. The summed E-state index contributed by atoms with van der Waals surface area (Å²) in [5.74, 6) is 0.0517. The molecule has 0 saturated carbocycles. The Bertz CT molecular complexity index is 2300. The number of ketones is 2. The number of carbonyl (C=O) groups excluding carboxylic acids is 4. The van der Waals surface area contributed by atoms with Crippen LogP contribution in [0, 0.1) is 0 Å². The molecule has 2 aliphatic heterocycles. The van der Waals surface area contributed by atoms with Crippen molar-refractivity contribution in [2.45, 2.75) is 57.6 Å². The van der Waals surface area contributed by atoms with Gasteiger partial charge in [-0.3, -0.25) is 24.2 Å². The number of piperidine rings is 1. The molecular weight excluding hydrogens is 709 g/mol. The fourth-order valence-corrected chi connectivity index (χ4v) is 7.39. The van der Waals surface area contributed by atoms with Crippen molar-refractivity contribution in [1.82, 2.24) is 14.0 Å². The predicted molar refractivity (Wildman–Crippen MR) is 216 cm³/mol. The van der Waals surface area contributed by atoms with Crippen LogP contribution in [0.2, 0.25) is 0 Å². The van der Waals surface area contributed by atoms with Crippen molar-refractivity contribution < 1.29 is 29.0 Å². The number of nitrogens with zero attached hydrogens (tertiary/aromatic N) is 4. The van der Waals surface area contributed by atoms with Crippen LogP contribution in [0.15, 0.2) is 90.2 Å². The summed E-state index contributed by atoms with van der Waals surface area (Å²) in [5.41, 5.74) is 13.1. The van der Waals surface area contributed by atoms with E-state index in [0.29, 0.717) is 58.3 Å². The number of aromatic nitrogens is 2. The van der Waals surface area contributed by atoms with E-state index in [1.165, 1.54) is 0 Å². The number of aliphatic imine (C=N–C) groups is 1. The van der Waals surface area contributed by atoms with E-state index in [9.17, 15) is 24.3 Å². The average Bonchev–Trinajstić information content (AvgIpc) is 3.74. The van der Waals surface area contributed by atoms with Crippen LogP contribution >= 0.6 is 0 Å². The molecule has 3 aromatic carbocycles. The van der Waals surface area contributed by atoms with Gasteiger partial charge in [0.15, 0.2) is 11.6 Å². The summed E-state index contributed by atoms with van der Waals surface area (Å²) in [6.07, 6.45) is 9.41. The zero-order valence-electron chi connectivity index (χ0n) is 31.7. The molecule has 56 heavy (non-hydrogen) atoms. The van der Waals surface area contributed by atoms with Crippen LogP contribution < -0.4 is 15.8 Å². The molecule has 2 aromatic heterocycles. The Morgan fingerprint density at radius 1 is 0.875 bits per heavy atom. The molecule has 1 fully saturated rings. The molecule has 0 aliphatic carbocycles. The maximum absolute atomic E-state index is 13.3. The van der Waals surface area contributed by atoms with Crippen LogP contribution in [-0.2, 0) is 38.3 Å².